The van der Waals surface area contributed by atoms with Gasteiger partial charge < -0.3 is 19.5 Å². The van der Waals surface area contributed by atoms with Crippen LogP contribution in [0.2, 0.25) is 0 Å². The maximum Gasteiger partial charge on any atom is 0.326 e. The molecule has 6 nitrogen and oxygen atoms in total. The zero-order valence-corrected chi connectivity index (χ0v) is 11.6. The molecular weight excluding hydrogens is 308 g/mol. The molecule has 0 aromatic carbocycles. The summed E-state index contributed by atoms with van der Waals surface area (Å²) in [4.78, 5) is 24.2. The molecule has 1 amide bonds. The third kappa shape index (κ3) is 3.73. The first-order valence-corrected chi connectivity index (χ1v) is 7.13. The SMILES string of the molecule is O=C(O)[C@H]1C[C@@H](O)CN1C(=O)c1ccc(CSC(F)F)o1. The van der Waals surface area contributed by atoms with Crippen molar-refractivity contribution in [2.75, 3.05) is 6.54 Å². The minimum absolute atomic E-state index is 0.0458. The molecule has 1 aromatic rings. The van der Waals surface area contributed by atoms with E-state index in [1.165, 1.54) is 12.1 Å². The van der Waals surface area contributed by atoms with Crippen LogP contribution >= 0.6 is 11.8 Å². The lowest BCUT2D eigenvalue weighted by molar-refractivity contribution is -0.141. The number of hydrogen-bond donors (Lipinski definition) is 2. The van der Waals surface area contributed by atoms with Crippen molar-refractivity contribution in [3.05, 3.63) is 23.7 Å². The van der Waals surface area contributed by atoms with Crippen LogP contribution in [0.25, 0.3) is 0 Å². The summed E-state index contributed by atoms with van der Waals surface area (Å²) in [6.45, 7) is -0.0996. The van der Waals surface area contributed by atoms with Gasteiger partial charge >= 0.3 is 5.97 Å². The Kier molecular flexibility index (Phi) is 4.84. The molecule has 1 fully saturated rings. The van der Waals surface area contributed by atoms with E-state index in [0.29, 0.717) is 11.8 Å². The number of rotatable bonds is 5. The lowest BCUT2D eigenvalue weighted by Crippen LogP contribution is -2.40. The van der Waals surface area contributed by atoms with E-state index in [1.54, 1.807) is 0 Å². The van der Waals surface area contributed by atoms with E-state index < -0.39 is 29.8 Å². The lowest BCUT2D eigenvalue weighted by Gasteiger charge is -2.19. The van der Waals surface area contributed by atoms with Crippen LogP contribution in [-0.4, -0.2) is 51.4 Å². The number of nitrogens with zero attached hydrogens (tertiary/aromatic N) is 1. The van der Waals surface area contributed by atoms with Crippen LogP contribution in [-0.2, 0) is 10.5 Å². The van der Waals surface area contributed by atoms with E-state index in [0.717, 1.165) is 4.90 Å². The van der Waals surface area contributed by atoms with Gasteiger partial charge in [-0.2, -0.15) is 8.78 Å². The van der Waals surface area contributed by atoms with Crippen LogP contribution in [0.5, 0.6) is 0 Å². The third-order valence-electron chi connectivity index (χ3n) is 3.05. The number of furan rings is 1. The Bertz CT molecular complexity index is 535. The van der Waals surface area contributed by atoms with Gasteiger partial charge in [0.05, 0.1) is 11.9 Å². The minimum Gasteiger partial charge on any atom is -0.480 e. The second kappa shape index (κ2) is 6.44. The summed E-state index contributed by atoms with van der Waals surface area (Å²) in [6.07, 6.45) is -0.950. The number of amides is 1. The molecule has 2 atom stereocenters. The Hall–Kier alpha value is -1.61. The molecule has 0 radical (unpaired) electrons. The Morgan fingerprint density at radius 1 is 1.48 bits per heavy atom. The number of alkyl halides is 2. The van der Waals surface area contributed by atoms with Gasteiger partial charge in [0.15, 0.2) is 5.76 Å². The normalized spacial score (nSPS) is 22.0. The zero-order valence-electron chi connectivity index (χ0n) is 10.7. The number of carbonyl (C=O) groups excluding carboxylic acids is 1. The third-order valence-corrected chi connectivity index (χ3v) is 3.75. The molecule has 1 aliphatic heterocycles. The number of carboxylic acids is 1. The molecule has 0 bridgehead atoms. The monoisotopic (exact) mass is 321 g/mol. The number of aliphatic carboxylic acids is 1. The molecule has 2 rings (SSSR count). The van der Waals surface area contributed by atoms with Gasteiger partial charge in [-0.3, -0.25) is 4.79 Å². The summed E-state index contributed by atoms with van der Waals surface area (Å²) < 4.78 is 29.3. The zero-order chi connectivity index (χ0) is 15.6. The molecule has 1 saturated heterocycles. The van der Waals surface area contributed by atoms with Crippen molar-refractivity contribution in [3.8, 4) is 0 Å². The Balaban J connectivity index is 2.07. The van der Waals surface area contributed by atoms with Gasteiger partial charge in [0.25, 0.3) is 11.7 Å². The highest BCUT2D eigenvalue weighted by atomic mass is 32.2. The molecule has 0 aliphatic carbocycles. The highest BCUT2D eigenvalue weighted by Gasteiger charge is 2.40. The molecular formula is C12H13F2NO5S. The van der Waals surface area contributed by atoms with Crippen molar-refractivity contribution in [2.24, 2.45) is 0 Å². The molecule has 1 aromatic heterocycles. The van der Waals surface area contributed by atoms with Crippen LogP contribution in [0.3, 0.4) is 0 Å². The standard InChI is InChI=1S/C12H13F2NO5S/c13-12(14)21-5-7-1-2-9(20-7)10(17)15-4-6(16)3-8(15)11(18)19/h1-2,6,8,12,16H,3-5H2,(H,18,19)/t6-,8-/m1/s1. The average Bonchev–Trinajstić information content (AvgIpc) is 3.02. The minimum atomic E-state index is -2.54. The summed E-state index contributed by atoms with van der Waals surface area (Å²) in [5, 5.41) is 18.5. The molecule has 1 aliphatic rings. The van der Waals surface area contributed by atoms with Crippen molar-refractivity contribution < 1.29 is 33.0 Å². The number of likely N-dealkylation sites (tertiary alicyclic amines) is 1. The van der Waals surface area contributed by atoms with E-state index in [1.807, 2.05) is 0 Å². The molecule has 9 heteroatoms. The van der Waals surface area contributed by atoms with Gasteiger partial charge in [-0.1, -0.05) is 11.8 Å². The van der Waals surface area contributed by atoms with Gasteiger partial charge in [-0.05, 0) is 12.1 Å². The molecule has 116 valence electrons. The van der Waals surface area contributed by atoms with E-state index in [2.05, 4.69) is 0 Å². The highest BCUT2D eigenvalue weighted by Crippen LogP contribution is 2.24. The number of β-amino-alcohol motifs (C(OH)–C–C–N with tert-alkyl or cyclic N) is 1. The average molecular weight is 321 g/mol. The summed E-state index contributed by atoms with van der Waals surface area (Å²) in [5.74, 6) is -4.43. The van der Waals surface area contributed by atoms with Crippen molar-refractivity contribution in [3.63, 3.8) is 0 Å². The summed E-state index contributed by atoms with van der Waals surface area (Å²) in [5.41, 5.74) is 0. The molecule has 0 unspecified atom stereocenters. The second-order valence-corrected chi connectivity index (χ2v) is 5.52. The van der Waals surface area contributed by atoms with Crippen LogP contribution in [0.1, 0.15) is 22.7 Å². The number of thioether (sulfide) groups is 1. The summed E-state index contributed by atoms with van der Waals surface area (Å²) in [7, 11) is 0. The Morgan fingerprint density at radius 2 is 2.19 bits per heavy atom. The quantitative estimate of drug-likeness (QED) is 0.852. The Morgan fingerprint density at radius 3 is 2.81 bits per heavy atom. The fraction of sp³-hybridized carbons (Fsp3) is 0.500. The van der Waals surface area contributed by atoms with Crippen molar-refractivity contribution in [1.29, 1.82) is 0 Å². The summed E-state index contributed by atoms with van der Waals surface area (Å²) in [6, 6.07) is 1.59. The van der Waals surface area contributed by atoms with E-state index in [4.69, 9.17) is 9.52 Å². The first-order chi connectivity index (χ1) is 9.88. The van der Waals surface area contributed by atoms with E-state index in [9.17, 15) is 23.5 Å². The van der Waals surface area contributed by atoms with Gasteiger partial charge in [-0.15, -0.1) is 0 Å². The summed E-state index contributed by atoms with van der Waals surface area (Å²) >= 11 is 0.361. The first kappa shape index (κ1) is 15.8. The number of carbonyl (C=O) groups is 2. The predicted octanol–water partition coefficient (Wildman–Crippen LogP) is 1.40. The fourth-order valence-corrected chi connectivity index (χ4v) is 2.57. The smallest absolute Gasteiger partial charge is 0.326 e. The van der Waals surface area contributed by atoms with Crippen molar-refractivity contribution >= 4 is 23.6 Å². The van der Waals surface area contributed by atoms with Crippen LogP contribution in [0.4, 0.5) is 8.78 Å². The second-order valence-electron chi connectivity index (χ2n) is 4.54. The Labute approximate surface area is 122 Å². The highest BCUT2D eigenvalue weighted by molar-refractivity contribution is 7.98. The molecule has 0 spiro atoms. The van der Waals surface area contributed by atoms with Crippen LogP contribution in [0.15, 0.2) is 16.5 Å². The number of halogens is 2. The maximum absolute atomic E-state index is 12.2. The van der Waals surface area contributed by atoms with Gasteiger partial charge in [0, 0.05) is 13.0 Å². The molecule has 2 N–H and O–H groups in total. The first-order valence-electron chi connectivity index (χ1n) is 6.08. The van der Waals surface area contributed by atoms with Crippen LogP contribution in [0, 0.1) is 0 Å². The van der Waals surface area contributed by atoms with Crippen LogP contribution < -0.4 is 0 Å². The van der Waals surface area contributed by atoms with Crippen molar-refractivity contribution in [2.45, 2.75) is 30.1 Å². The largest absolute Gasteiger partial charge is 0.480 e. The van der Waals surface area contributed by atoms with E-state index in [-0.39, 0.29) is 30.2 Å². The maximum atomic E-state index is 12.2. The van der Waals surface area contributed by atoms with Gasteiger partial charge in [0.2, 0.25) is 0 Å². The van der Waals surface area contributed by atoms with Crippen molar-refractivity contribution in [1.82, 2.24) is 4.90 Å². The topological polar surface area (TPSA) is 91.0 Å². The predicted molar refractivity (Wildman–Crippen MR) is 69.1 cm³/mol. The number of carboxylic acid groups (broad SMARTS) is 1. The van der Waals surface area contributed by atoms with Gasteiger partial charge in [0.1, 0.15) is 11.8 Å². The number of aliphatic hydroxyl groups is 1. The number of hydrogen-bond acceptors (Lipinski definition) is 5. The number of aliphatic hydroxyl groups excluding tert-OH is 1. The molecule has 0 saturated carbocycles. The van der Waals surface area contributed by atoms with Gasteiger partial charge in [-0.25, -0.2) is 4.79 Å². The lowest BCUT2D eigenvalue weighted by atomic mass is 10.2. The molecule has 21 heavy (non-hydrogen) atoms. The van der Waals surface area contributed by atoms with E-state index >= 15 is 0 Å². The fourth-order valence-electron chi connectivity index (χ4n) is 2.13. The molecule has 2 heterocycles.